The van der Waals surface area contributed by atoms with Crippen molar-refractivity contribution in [2.24, 2.45) is 11.7 Å². The summed E-state index contributed by atoms with van der Waals surface area (Å²) in [5.41, 5.74) is 5.91. The minimum atomic E-state index is 0. The normalized spacial score (nSPS) is 17.9. The molecule has 0 bridgehead atoms. The highest BCUT2D eigenvalue weighted by atomic mass is 79.9. The predicted octanol–water partition coefficient (Wildman–Crippen LogP) is 3.06. The average molecular weight is 368 g/mol. The maximum absolute atomic E-state index is 12.1. The number of carbonyl (C=O) groups excluding carboxylic acids is 1. The number of carbonyl (C=O) groups is 1. The van der Waals surface area contributed by atoms with Gasteiger partial charge in [0.05, 0.1) is 10.2 Å². The van der Waals surface area contributed by atoms with Crippen molar-refractivity contribution < 1.29 is 4.79 Å². The molecule has 0 spiro atoms. The average Bonchev–Trinajstić information content (AvgIpc) is 2.75. The topological polar surface area (TPSA) is 46.3 Å². The van der Waals surface area contributed by atoms with Crippen LogP contribution in [0.15, 0.2) is 15.9 Å². The molecule has 19 heavy (non-hydrogen) atoms. The van der Waals surface area contributed by atoms with Crippen molar-refractivity contribution in [2.45, 2.75) is 32.2 Å². The van der Waals surface area contributed by atoms with Crippen LogP contribution in [0.2, 0.25) is 0 Å². The van der Waals surface area contributed by atoms with E-state index in [1.54, 1.807) is 11.3 Å². The zero-order valence-corrected chi connectivity index (χ0v) is 14.2. The van der Waals surface area contributed by atoms with Crippen LogP contribution in [0.25, 0.3) is 0 Å². The minimum Gasteiger partial charge on any atom is -0.342 e. The summed E-state index contributed by atoms with van der Waals surface area (Å²) in [6, 6.07) is 4.26. The molecule has 0 radical (unpaired) electrons. The molecule has 0 saturated carbocycles. The number of piperidine rings is 1. The Kier molecular flexibility index (Phi) is 6.80. The largest absolute Gasteiger partial charge is 0.342 e. The fourth-order valence-corrected chi connectivity index (χ4v) is 3.86. The van der Waals surface area contributed by atoms with E-state index in [0.29, 0.717) is 12.3 Å². The molecule has 1 aliphatic rings. The van der Waals surface area contributed by atoms with Crippen LogP contribution in [0.1, 0.15) is 24.6 Å². The van der Waals surface area contributed by atoms with Crippen molar-refractivity contribution in [3.63, 3.8) is 0 Å². The van der Waals surface area contributed by atoms with Crippen LogP contribution in [-0.2, 0) is 11.2 Å². The Hall–Kier alpha value is -0.100. The lowest BCUT2D eigenvalue weighted by Crippen LogP contribution is -2.43. The summed E-state index contributed by atoms with van der Waals surface area (Å²) in [6.07, 6.45) is 2.61. The van der Waals surface area contributed by atoms with Crippen molar-refractivity contribution in [3.8, 4) is 0 Å². The maximum Gasteiger partial charge on any atom is 0.227 e. The molecule has 2 rings (SSSR count). The Morgan fingerprint density at radius 3 is 2.63 bits per heavy atom. The van der Waals surface area contributed by atoms with E-state index in [4.69, 9.17) is 5.73 Å². The van der Waals surface area contributed by atoms with E-state index in [1.807, 2.05) is 17.0 Å². The summed E-state index contributed by atoms with van der Waals surface area (Å²) in [5, 5.41) is 0. The quantitative estimate of drug-likeness (QED) is 0.892. The highest BCUT2D eigenvalue weighted by molar-refractivity contribution is 9.11. The predicted molar refractivity (Wildman–Crippen MR) is 85.9 cm³/mol. The summed E-state index contributed by atoms with van der Waals surface area (Å²) >= 11 is 5.06. The van der Waals surface area contributed by atoms with Crippen molar-refractivity contribution in [3.05, 3.63) is 20.8 Å². The standard InChI is InChI=1S/C13H19BrN2OS.ClH/c1-9(15)10-4-6-16(7-5-10)13(17)8-11-2-3-12(14)18-11;/h2-3,9-10H,4-8,15H2,1H3;1H. The van der Waals surface area contributed by atoms with Crippen molar-refractivity contribution in [1.82, 2.24) is 4.90 Å². The molecule has 1 atom stereocenters. The second-order valence-electron chi connectivity index (χ2n) is 4.96. The number of nitrogens with zero attached hydrogens (tertiary/aromatic N) is 1. The van der Waals surface area contributed by atoms with Crippen LogP contribution in [0, 0.1) is 5.92 Å². The highest BCUT2D eigenvalue weighted by Crippen LogP contribution is 2.24. The lowest BCUT2D eigenvalue weighted by molar-refractivity contribution is -0.131. The van der Waals surface area contributed by atoms with Gasteiger partial charge in [0.25, 0.3) is 0 Å². The van der Waals surface area contributed by atoms with Gasteiger partial charge in [0.15, 0.2) is 0 Å². The lowest BCUT2D eigenvalue weighted by atomic mass is 9.91. The van der Waals surface area contributed by atoms with Crippen LogP contribution >= 0.6 is 39.7 Å². The number of amides is 1. The monoisotopic (exact) mass is 366 g/mol. The highest BCUT2D eigenvalue weighted by Gasteiger charge is 2.24. The fraction of sp³-hybridized carbons (Fsp3) is 0.615. The molecule has 0 aliphatic carbocycles. The molecule has 3 nitrogen and oxygen atoms in total. The van der Waals surface area contributed by atoms with E-state index in [-0.39, 0.29) is 24.4 Å². The first-order chi connectivity index (χ1) is 8.56. The third-order valence-corrected chi connectivity index (χ3v) is 5.21. The first kappa shape index (κ1) is 17.0. The van der Waals surface area contributed by atoms with E-state index in [0.717, 1.165) is 34.6 Å². The molecule has 1 fully saturated rings. The Bertz CT molecular complexity index is 417. The van der Waals surface area contributed by atoms with E-state index in [1.165, 1.54) is 0 Å². The van der Waals surface area contributed by atoms with Gasteiger partial charge >= 0.3 is 0 Å². The van der Waals surface area contributed by atoms with Crippen molar-refractivity contribution in [2.75, 3.05) is 13.1 Å². The molecule has 0 aromatic carbocycles. The molecule has 2 N–H and O–H groups in total. The van der Waals surface area contributed by atoms with Gasteiger partial charge in [-0.3, -0.25) is 4.79 Å². The molecule has 1 aromatic heterocycles. The van der Waals surface area contributed by atoms with Gasteiger partial charge in [-0.15, -0.1) is 23.7 Å². The first-order valence-electron chi connectivity index (χ1n) is 6.34. The zero-order chi connectivity index (χ0) is 13.1. The summed E-state index contributed by atoms with van der Waals surface area (Å²) in [6.45, 7) is 3.78. The van der Waals surface area contributed by atoms with Gasteiger partial charge in [-0.1, -0.05) is 0 Å². The fourth-order valence-electron chi connectivity index (χ4n) is 2.38. The molecule has 108 valence electrons. The summed E-state index contributed by atoms with van der Waals surface area (Å²) in [7, 11) is 0. The lowest BCUT2D eigenvalue weighted by Gasteiger charge is -2.33. The molecule has 1 unspecified atom stereocenters. The molecule has 1 saturated heterocycles. The molecular weight excluding hydrogens is 348 g/mol. The Morgan fingerprint density at radius 2 is 2.16 bits per heavy atom. The Labute approximate surface area is 133 Å². The van der Waals surface area contributed by atoms with Gasteiger partial charge in [0, 0.05) is 24.0 Å². The molecule has 2 heterocycles. The number of hydrogen-bond donors (Lipinski definition) is 1. The summed E-state index contributed by atoms with van der Waals surface area (Å²) in [5.74, 6) is 0.817. The number of halogens is 2. The van der Waals surface area contributed by atoms with E-state index in [2.05, 4.69) is 22.9 Å². The number of hydrogen-bond acceptors (Lipinski definition) is 3. The van der Waals surface area contributed by atoms with E-state index in [9.17, 15) is 4.79 Å². The molecule has 1 aromatic rings. The molecule has 1 amide bonds. The van der Waals surface area contributed by atoms with Crippen LogP contribution in [-0.4, -0.2) is 29.9 Å². The zero-order valence-electron chi connectivity index (χ0n) is 11.0. The Balaban J connectivity index is 0.00000180. The second-order valence-corrected chi connectivity index (χ2v) is 7.51. The summed E-state index contributed by atoms with van der Waals surface area (Å²) < 4.78 is 1.08. The number of likely N-dealkylation sites (tertiary alicyclic amines) is 1. The molecular formula is C13H20BrClN2OS. The second kappa shape index (κ2) is 7.62. The molecule has 1 aliphatic heterocycles. The maximum atomic E-state index is 12.1. The van der Waals surface area contributed by atoms with Crippen LogP contribution < -0.4 is 5.73 Å². The van der Waals surface area contributed by atoms with E-state index < -0.39 is 0 Å². The van der Waals surface area contributed by atoms with Gasteiger partial charge in [0.2, 0.25) is 5.91 Å². The van der Waals surface area contributed by atoms with Crippen LogP contribution in [0.3, 0.4) is 0 Å². The van der Waals surface area contributed by atoms with Crippen molar-refractivity contribution in [1.29, 1.82) is 0 Å². The van der Waals surface area contributed by atoms with Crippen LogP contribution in [0.4, 0.5) is 0 Å². The third kappa shape index (κ3) is 4.74. The van der Waals surface area contributed by atoms with Gasteiger partial charge in [0.1, 0.15) is 0 Å². The van der Waals surface area contributed by atoms with E-state index >= 15 is 0 Å². The van der Waals surface area contributed by atoms with Gasteiger partial charge in [-0.25, -0.2) is 0 Å². The minimum absolute atomic E-state index is 0. The smallest absolute Gasteiger partial charge is 0.227 e. The first-order valence-corrected chi connectivity index (χ1v) is 7.95. The number of rotatable bonds is 3. The van der Waals surface area contributed by atoms with Crippen molar-refractivity contribution >= 4 is 45.6 Å². The SMILES string of the molecule is CC(N)C1CCN(C(=O)Cc2ccc(Br)s2)CC1.Cl. The van der Waals surface area contributed by atoms with Crippen LogP contribution in [0.5, 0.6) is 0 Å². The van der Waals surface area contributed by atoms with Gasteiger partial charge in [-0.2, -0.15) is 0 Å². The number of nitrogens with two attached hydrogens (primary N) is 1. The van der Waals surface area contributed by atoms with Gasteiger partial charge < -0.3 is 10.6 Å². The summed E-state index contributed by atoms with van der Waals surface area (Å²) in [4.78, 5) is 15.2. The van der Waals surface area contributed by atoms with Gasteiger partial charge in [-0.05, 0) is 53.7 Å². The number of thiophene rings is 1. The molecule has 6 heteroatoms. The Morgan fingerprint density at radius 1 is 1.53 bits per heavy atom. The third-order valence-electron chi connectivity index (χ3n) is 3.59.